The average molecular weight is 253 g/mol. The summed E-state index contributed by atoms with van der Waals surface area (Å²) in [6.07, 6.45) is 2.27. The molecule has 1 amide bonds. The van der Waals surface area contributed by atoms with E-state index in [9.17, 15) is 4.79 Å². The van der Waals surface area contributed by atoms with Crippen LogP contribution in [0.15, 0.2) is 6.07 Å². The fourth-order valence-corrected chi connectivity index (χ4v) is 1.67. The van der Waals surface area contributed by atoms with Gasteiger partial charge in [-0.05, 0) is 38.0 Å². The number of thiocarbonyl (C=S) groups is 1. The topological polar surface area (TPSA) is 71.0 Å². The third kappa shape index (κ3) is 3.16. The third-order valence-corrected chi connectivity index (χ3v) is 2.66. The highest BCUT2D eigenvalue weighted by Crippen LogP contribution is 2.18. The number of rotatable bonds is 2. The van der Waals surface area contributed by atoms with Crippen molar-refractivity contribution in [1.29, 1.82) is 0 Å². The highest BCUT2D eigenvalue weighted by Gasteiger charge is 2.22. The second-order valence-corrected chi connectivity index (χ2v) is 4.53. The second-order valence-electron chi connectivity index (χ2n) is 4.12. The fourth-order valence-electron chi connectivity index (χ4n) is 1.45. The van der Waals surface area contributed by atoms with E-state index in [0.29, 0.717) is 16.8 Å². The van der Waals surface area contributed by atoms with Crippen LogP contribution in [0.4, 0.5) is 0 Å². The van der Waals surface area contributed by atoms with Crippen LogP contribution in [0, 0.1) is 6.92 Å². The molecule has 3 N–H and O–H groups in total. The van der Waals surface area contributed by atoms with E-state index < -0.39 is 0 Å². The number of hydrogen-bond donors (Lipinski definition) is 3. The van der Waals surface area contributed by atoms with Gasteiger partial charge in [-0.3, -0.25) is 20.3 Å². The summed E-state index contributed by atoms with van der Waals surface area (Å²) in [5, 5.41) is 7.61. The minimum Gasteiger partial charge on any atom is -0.359 e. The number of nitrogens with one attached hydrogen (secondary N) is 3. The Kier molecular flexibility index (Phi) is 3.28. The minimum absolute atomic E-state index is 0.256. The number of nitrogens with zero attached hydrogens (tertiary/aromatic N) is 2. The summed E-state index contributed by atoms with van der Waals surface area (Å²) < 4.78 is 1.53. The van der Waals surface area contributed by atoms with Crippen LogP contribution in [0.3, 0.4) is 0 Å². The Morgan fingerprint density at radius 1 is 1.53 bits per heavy atom. The SMILES string of the molecule is Cc1cc(C(=O)NNC(=S)NC2CC2)n(C)n1. The van der Waals surface area contributed by atoms with E-state index in [1.807, 2.05) is 6.92 Å². The summed E-state index contributed by atoms with van der Waals surface area (Å²) >= 11 is 5.02. The summed E-state index contributed by atoms with van der Waals surface area (Å²) in [5.41, 5.74) is 6.49. The molecule has 0 aliphatic heterocycles. The van der Waals surface area contributed by atoms with Gasteiger partial charge in [-0.2, -0.15) is 5.10 Å². The van der Waals surface area contributed by atoms with Crippen molar-refractivity contribution in [2.75, 3.05) is 0 Å². The summed E-state index contributed by atoms with van der Waals surface area (Å²) in [6.45, 7) is 1.84. The first-order valence-corrected chi connectivity index (χ1v) is 5.84. The standard InChI is InChI=1S/C10H15N5OS/c1-6-5-8(15(2)14-6)9(16)12-13-10(17)11-7-3-4-7/h5,7H,3-4H2,1-2H3,(H,12,16)(H2,11,13,17). The molecular weight excluding hydrogens is 238 g/mol. The van der Waals surface area contributed by atoms with E-state index in [4.69, 9.17) is 12.2 Å². The molecule has 1 aromatic heterocycles. The van der Waals surface area contributed by atoms with E-state index >= 15 is 0 Å². The number of aromatic nitrogens is 2. The molecule has 0 saturated heterocycles. The van der Waals surface area contributed by atoms with Crippen LogP contribution < -0.4 is 16.2 Å². The average Bonchev–Trinajstić information content (AvgIpc) is 3.00. The zero-order chi connectivity index (χ0) is 12.4. The maximum atomic E-state index is 11.8. The first-order chi connectivity index (χ1) is 8.06. The number of hydrazine groups is 1. The van der Waals surface area contributed by atoms with Crippen LogP contribution in [0.25, 0.3) is 0 Å². The lowest BCUT2D eigenvalue weighted by Crippen LogP contribution is -2.47. The normalized spacial score (nSPS) is 14.2. The second kappa shape index (κ2) is 4.70. The van der Waals surface area contributed by atoms with Crippen molar-refractivity contribution in [1.82, 2.24) is 25.9 Å². The van der Waals surface area contributed by atoms with Crippen molar-refractivity contribution in [3.05, 3.63) is 17.5 Å². The van der Waals surface area contributed by atoms with Gasteiger partial charge in [0.25, 0.3) is 5.91 Å². The summed E-state index contributed by atoms with van der Waals surface area (Å²) in [5.74, 6) is -0.256. The van der Waals surface area contributed by atoms with Crippen molar-refractivity contribution in [3.63, 3.8) is 0 Å². The number of amides is 1. The number of hydrogen-bond acceptors (Lipinski definition) is 3. The van der Waals surface area contributed by atoms with Crippen LogP contribution in [0.5, 0.6) is 0 Å². The summed E-state index contributed by atoms with van der Waals surface area (Å²) in [4.78, 5) is 11.8. The Balaban J connectivity index is 1.84. The van der Waals surface area contributed by atoms with Crippen LogP contribution >= 0.6 is 12.2 Å². The predicted octanol–water partition coefficient (Wildman–Crippen LogP) is -0.000180. The Hall–Kier alpha value is -1.63. The zero-order valence-electron chi connectivity index (χ0n) is 9.78. The van der Waals surface area contributed by atoms with Gasteiger partial charge in [-0.15, -0.1) is 0 Å². The molecule has 1 fully saturated rings. The van der Waals surface area contributed by atoms with Gasteiger partial charge < -0.3 is 5.32 Å². The molecule has 17 heavy (non-hydrogen) atoms. The van der Waals surface area contributed by atoms with Gasteiger partial charge in [-0.1, -0.05) is 0 Å². The molecule has 92 valence electrons. The molecule has 7 heteroatoms. The van der Waals surface area contributed by atoms with Gasteiger partial charge in [0.2, 0.25) is 0 Å². The van der Waals surface area contributed by atoms with Gasteiger partial charge in [0.15, 0.2) is 5.11 Å². The van der Waals surface area contributed by atoms with Crippen LogP contribution in [-0.4, -0.2) is 26.8 Å². The molecule has 1 heterocycles. The predicted molar refractivity (Wildman–Crippen MR) is 67.3 cm³/mol. The smallest absolute Gasteiger partial charge is 0.287 e. The lowest BCUT2D eigenvalue weighted by molar-refractivity contribution is 0.0934. The summed E-state index contributed by atoms with van der Waals surface area (Å²) in [6, 6.07) is 2.18. The molecule has 6 nitrogen and oxygen atoms in total. The lowest BCUT2D eigenvalue weighted by Gasteiger charge is -2.10. The lowest BCUT2D eigenvalue weighted by atomic mass is 10.3. The van der Waals surface area contributed by atoms with Crippen molar-refractivity contribution in [2.24, 2.45) is 7.05 Å². The number of carbonyl (C=O) groups is 1. The molecule has 0 spiro atoms. The van der Waals surface area contributed by atoms with E-state index in [-0.39, 0.29) is 5.91 Å². The van der Waals surface area contributed by atoms with E-state index in [1.165, 1.54) is 4.68 Å². The fraction of sp³-hybridized carbons (Fsp3) is 0.500. The van der Waals surface area contributed by atoms with Gasteiger partial charge in [0.05, 0.1) is 5.69 Å². The highest BCUT2D eigenvalue weighted by molar-refractivity contribution is 7.80. The number of aryl methyl sites for hydroxylation is 2. The molecule has 0 radical (unpaired) electrons. The van der Waals surface area contributed by atoms with Crippen molar-refractivity contribution in [3.8, 4) is 0 Å². The van der Waals surface area contributed by atoms with Crippen molar-refractivity contribution >= 4 is 23.2 Å². The van der Waals surface area contributed by atoms with Crippen LogP contribution in [-0.2, 0) is 7.05 Å². The third-order valence-electron chi connectivity index (χ3n) is 2.44. The molecule has 0 bridgehead atoms. The molecule has 0 unspecified atom stereocenters. The van der Waals surface area contributed by atoms with Crippen LogP contribution in [0.2, 0.25) is 0 Å². The quantitative estimate of drug-likeness (QED) is 0.511. The Labute approximate surface area is 105 Å². The van der Waals surface area contributed by atoms with Gasteiger partial charge in [0.1, 0.15) is 5.69 Å². The molecule has 1 saturated carbocycles. The van der Waals surface area contributed by atoms with Crippen LogP contribution in [0.1, 0.15) is 29.0 Å². The molecule has 2 rings (SSSR count). The highest BCUT2D eigenvalue weighted by atomic mass is 32.1. The Morgan fingerprint density at radius 2 is 2.24 bits per heavy atom. The molecule has 0 atom stereocenters. The maximum absolute atomic E-state index is 11.8. The zero-order valence-corrected chi connectivity index (χ0v) is 10.6. The van der Waals surface area contributed by atoms with Crippen molar-refractivity contribution < 1.29 is 4.79 Å². The number of carbonyl (C=O) groups excluding carboxylic acids is 1. The van der Waals surface area contributed by atoms with Crippen molar-refractivity contribution in [2.45, 2.75) is 25.8 Å². The molecule has 0 aromatic carbocycles. The largest absolute Gasteiger partial charge is 0.359 e. The first kappa shape index (κ1) is 11.8. The minimum atomic E-state index is -0.256. The molecular formula is C10H15N5OS. The summed E-state index contributed by atoms with van der Waals surface area (Å²) in [7, 11) is 1.72. The molecule has 1 aromatic rings. The maximum Gasteiger partial charge on any atom is 0.287 e. The Morgan fingerprint density at radius 3 is 2.76 bits per heavy atom. The van der Waals surface area contributed by atoms with Gasteiger partial charge >= 0.3 is 0 Å². The monoisotopic (exact) mass is 253 g/mol. The first-order valence-electron chi connectivity index (χ1n) is 5.44. The van der Waals surface area contributed by atoms with E-state index in [2.05, 4.69) is 21.3 Å². The molecule has 1 aliphatic carbocycles. The van der Waals surface area contributed by atoms with Gasteiger partial charge in [-0.25, -0.2) is 0 Å². The Bertz CT molecular complexity index is 452. The van der Waals surface area contributed by atoms with Gasteiger partial charge in [0, 0.05) is 13.1 Å². The van der Waals surface area contributed by atoms with E-state index in [0.717, 1.165) is 18.5 Å². The molecule has 1 aliphatic rings. The van der Waals surface area contributed by atoms with E-state index in [1.54, 1.807) is 13.1 Å².